The lowest BCUT2D eigenvalue weighted by atomic mass is 10.0. The van der Waals surface area contributed by atoms with Gasteiger partial charge < -0.3 is 14.2 Å². The second kappa shape index (κ2) is 7.81. The first-order chi connectivity index (χ1) is 15.5. The van der Waals surface area contributed by atoms with Crippen LogP contribution in [0.5, 0.6) is 17.2 Å². The number of benzene rings is 3. The average molecular weight is 428 g/mol. The van der Waals surface area contributed by atoms with Crippen molar-refractivity contribution in [3.63, 3.8) is 0 Å². The van der Waals surface area contributed by atoms with Crippen LogP contribution >= 0.6 is 0 Å². The van der Waals surface area contributed by atoms with Crippen LogP contribution in [0.15, 0.2) is 84.1 Å². The molecule has 158 valence electrons. The van der Waals surface area contributed by atoms with Gasteiger partial charge in [-0.2, -0.15) is 0 Å². The Hall–Kier alpha value is -4.19. The zero-order valence-electron chi connectivity index (χ0n) is 17.0. The van der Waals surface area contributed by atoms with E-state index in [1.165, 1.54) is 36.4 Å². The van der Waals surface area contributed by atoms with Gasteiger partial charge >= 0.3 is 5.97 Å². The first kappa shape index (κ1) is 19.8. The van der Waals surface area contributed by atoms with E-state index >= 15 is 0 Å². The van der Waals surface area contributed by atoms with Crippen LogP contribution < -0.4 is 14.2 Å². The number of esters is 1. The molecule has 3 aromatic carbocycles. The van der Waals surface area contributed by atoms with Gasteiger partial charge in [0.05, 0.1) is 11.1 Å². The van der Waals surface area contributed by atoms with Gasteiger partial charge in [-0.25, -0.2) is 9.18 Å². The van der Waals surface area contributed by atoms with Crippen LogP contribution in [-0.2, 0) is 0 Å². The molecule has 0 aliphatic carbocycles. The lowest BCUT2D eigenvalue weighted by Crippen LogP contribution is -2.18. The van der Waals surface area contributed by atoms with E-state index in [4.69, 9.17) is 14.2 Å². The van der Waals surface area contributed by atoms with E-state index in [0.717, 1.165) is 16.9 Å². The van der Waals surface area contributed by atoms with Crippen molar-refractivity contribution in [2.75, 3.05) is 0 Å². The number of allylic oxidation sites excluding steroid dienone is 1. The Bertz CT molecular complexity index is 1320. The number of hydrogen-bond acceptors (Lipinski definition) is 5. The number of hydrogen-bond donors (Lipinski definition) is 0. The summed E-state index contributed by atoms with van der Waals surface area (Å²) >= 11 is 0. The highest BCUT2D eigenvalue weighted by Gasteiger charge is 2.29. The van der Waals surface area contributed by atoms with Crippen molar-refractivity contribution < 1.29 is 28.2 Å². The van der Waals surface area contributed by atoms with Crippen molar-refractivity contribution in [2.24, 2.45) is 0 Å². The largest absolute Gasteiger partial charge is 0.485 e. The van der Waals surface area contributed by atoms with Crippen molar-refractivity contribution in [3.05, 3.63) is 107 Å². The van der Waals surface area contributed by atoms with Crippen LogP contribution in [0, 0.1) is 5.82 Å². The number of carbonyl (C=O) groups excluding carboxylic acids is 2. The van der Waals surface area contributed by atoms with Crippen LogP contribution in [0.2, 0.25) is 0 Å². The predicted molar refractivity (Wildman–Crippen MR) is 115 cm³/mol. The molecule has 1 atom stereocenters. The molecule has 0 N–H and O–H groups in total. The molecule has 3 aromatic rings. The van der Waals surface area contributed by atoms with E-state index < -0.39 is 11.8 Å². The molecule has 0 radical (unpaired) electrons. The first-order valence-electron chi connectivity index (χ1n) is 10.0. The molecule has 6 heteroatoms. The van der Waals surface area contributed by atoms with Crippen molar-refractivity contribution >= 4 is 17.8 Å². The molecule has 5 nitrogen and oxygen atoms in total. The SMILES string of the molecule is CC1Oc2ccccc2C=C1/C=C1\Oc2cc(OC(=O)c3ccccc3F)ccc2C1=O. The molecule has 0 saturated carbocycles. The summed E-state index contributed by atoms with van der Waals surface area (Å²) in [7, 11) is 0. The summed E-state index contributed by atoms with van der Waals surface area (Å²) in [6, 6.07) is 17.6. The molecular formula is C26H17FO5. The van der Waals surface area contributed by atoms with Crippen molar-refractivity contribution in [1.29, 1.82) is 0 Å². The van der Waals surface area contributed by atoms with Gasteiger partial charge in [-0.3, -0.25) is 4.79 Å². The Balaban J connectivity index is 1.39. The van der Waals surface area contributed by atoms with Crippen LogP contribution in [0.25, 0.3) is 6.08 Å². The standard InChI is InChI=1S/C26H17FO5/c1-15-17(12-16-6-2-5-9-22(16)30-15)13-24-25(28)20-11-10-18(14-23(20)32-24)31-26(29)19-7-3-4-8-21(19)27/h2-15H,1H3/b24-13-. The summed E-state index contributed by atoms with van der Waals surface area (Å²) in [5.41, 5.74) is 1.89. The first-order valence-corrected chi connectivity index (χ1v) is 10.0. The third-order valence-corrected chi connectivity index (χ3v) is 5.26. The molecular weight excluding hydrogens is 411 g/mol. The fourth-order valence-corrected chi connectivity index (χ4v) is 3.59. The molecule has 5 rings (SSSR count). The smallest absolute Gasteiger partial charge is 0.346 e. The maximum Gasteiger partial charge on any atom is 0.346 e. The van der Waals surface area contributed by atoms with Gasteiger partial charge in [-0.05, 0) is 55.0 Å². The molecule has 0 spiro atoms. The molecule has 2 aliphatic rings. The third kappa shape index (κ3) is 3.56. The normalized spacial score (nSPS) is 17.7. The second-order valence-electron chi connectivity index (χ2n) is 7.41. The van der Waals surface area contributed by atoms with Crippen molar-refractivity contribution in [1.82, 2.24) is 0 Å². The summed E-state index contributed by atoms with van der Waals surface area (Å²) in [6.07, 6.45) is 3.36. The minimum atomic E-state index is -0.833. The van der Waals surface area contributed by atoms with Gasteiger partial charge in [0.15, 0.2) is 5.76 Å². The summed E-state index contributed by atoms with van der Waals surface area (Å²) in [6.45, 7) is 1.89. The highest BCUT2D eigenvalue weighted by molar-refractivity contribution is 6.12. The number of rotatable bonds is 3. The second-order valence-corrected chi connectivity index (χ2v) is 7.41. The Morgan fingerprint density at radius 1 is 1.03 bits per heavy atom. The summed E-state index contributed by atoms with van der Waals surface area (Å²) < 4.78 is 30.8. The van der Waals surface area contributed by atoms with Gasteiger partial charge in [-0.15, -0.1) is 0 Å². The molecule has 1 unspecified atom stereocenters. The number of Topliss-reactive ketones (excluding diaryl/α,β-unsaturated/α-hetero) is 1. The molecule has 2 heterocycles. The van der Waals surface area contributed by atoms with Gasteiger partial charge in [0, 0.05) is 11.6 Å². The fourth-order valence-electron chi connectivity index (χ4n) is 3.59. The molecule has 32 heavy (non-hydrogen) atoms. The number of para-hydroxylation sites is 1. The van der Waals surface area contributed by atoms with Crippen LogP contribution in [0.1, 0.15) is 33.2 Å². The summed E-state index contributed by atoms with van der Waals surface area (Å²) in [4.78, 5) is 25.1. The highest BCUT2D eigenvalue weighted by Crippen LogP contribution is 2.36. The van der Waals surface area contributed by atoms with Crippen molar-refractivity contribution in [2.45, 2.75) is 13.0 Å². The van der Waals surface area contributed by atoms with Gasteiger partial charge in [0.25, 0.3) is 0 Å². The Kier molecular flexibility index (Phi) is 4.82. The van der Waals surface area contributed by atoms with Crippen LogP contribution in [0.4, 0.5) is 4.39 Å². The third-order valence-electron chi connectivity index (χ3n) is 5.26. The van der Waals surface area contributed by atoms with Crippen molar-refractivity contribution in [3.8, 4) is 17.2 Å². The predicted octanol–water partition coefficient (Wildman–Crippen LogP) is 5.37. The fraction of sp³-hybridized carbons (Fsp3) is 0.0769. The maximum atomic E-state index is 13.8. The van der Waals surface area contributed by atoms with E-state index in [1.807, 2.05) is 37.3 Å². The monoisotopic (exact) mass is 428 g/mol. The molecule has 0 amide bonds. The molecule has 2 aliphatic heterocycles. The van der Waals surface area contributed by atoms with E-state index in [9.17, 15) is 14.0 Å². The zero-order valence-corrected chi connectivity index (χ0v) is 17.0. The van der Waals surface area contributed by atoms with E-state index in [1.54, 1.807) is 12.1 Å². The van der Waals surface area contributed by atoms with Gasteiger partial charge in [-0.1, -0.05) is 30.3 Å². The lowest BCUT2D eigenvalue weighted by Gasteiger charge is -2.22. The highest BCUT2D eigenvalue weighted by atomic mass is 19.1. The average Bonchev–Trinajstić information content (AvgIpc) is 3.09. The Morgan fingerprint density at radius 3 is 2.66 bits per heavy atom. The zero-order chi connectivity index (χ0) is 22.2. The molecule has 0 saturated heterocycles. The number of carbonyl (C=O) groups is 2. The minimum absolute atomic E-state index is 0.147. The summed E-state index contributed by atoms with van der Waals surface area (Å²) in [5, 5.41) is 0. The number of fused-ring (bicyclic) bond motifs is 2. The summed E-state index contributed by atoms with van der Waals surface area (Å²) in [5.74, 6) is -0.434. The lowest BCUT2D eigenvalue weighted by molar-refractivity contribution is 0.0729. The topological polar surface area (TPSA) is 61.8 Å². The minimum Gasteiger partial charge on any atom is -0.485 e. The van der Waals surface area contributed by atoms with Gasteiger partial charge in [0.2, 0.25) is 5.78 Å². The Morgan fingerprint density at radius 2 is 1.81 bits per heavy atom. The number of halogens is 1. The Labute approximate surface area is 183 Å². The molecule has 0 aromatic heterocycles. The van der Waals surface area contributed by atoms with Gasteiger partial charge in [0.1, 0.15) is 29.2 Å². The van der Waals surface area contributed by atoms with E-state index in [2.05, 4.69) is 0 Å². The molecule has 0 bridgehead atoms. The quantitative estimate of drug-likeness (QED) is 0.319. The van der Waals surface area contributed by atoms with E-state index in [0.29, 0.717) is 5.56 Å². The number of ketones is 1. The van der Waals surface area contributed by atoms with Crippen LogP contribution in [0.3, 0.4) is 0 Å². The maximum absolute atomic E-state index is 13.8. The van der Waals surface area contributed by atoms with Crippen LogP contribution in [-0.4, -0.2) is 17.9 Å². The van der Waals surface area contributed by atoms with E-state index in [-0.39, 0.29) is 34.7 Å². The number of ether oxygens (including phenoxy) is 3. The molecule has 0 fully saturated rings.